The van der Waals surface area contributed by atoms with E-state index in [1.54, 1.807) is 0 Å². The van der Waals surface area contributed by atoms with Gasteiger partial charge in [-0.3, -0.25) is 0 Å². The highest BCUT2D eigenvalue weighted by molar-refractivity contribution is 7.03. The zero-order chi connectivity index (χ0) is 11.5. The topological polar surface area (TPSA) is 37.8 Å². The van der Waals surface area contributed by atoms with Gasteiger partial charge in [0.25, 0.3) is 0 Å². The number of aromatic nitrogens is 2. The van der Waals surface area contributed by atoms with Crippen LogP contribution in [-0.2, 0) is 13.0 Å². The Morgan fingerprint density at radius 3 is 3.18 bits per heavy atom. The van der Waals surface area contributed by atoms with E-state index in [1.807, 2.05) is 5.38 Å². The lowest BCUT2D eigenvalue weighted by atomic mass is 9.88. The number of hydrogen-bond acceptors (Lipinski definition) is 4. The first-order valence-corrected chi connectivity index (χ1v) is 6.84. The fourth-order valence-corrected chi connectivity index (χ4v) is 2.91. The van der Waals surface area contributed by atoms with Crippen LogP contribution in [0.5, 0.6) is 0 Å². The van der Waals surface area contributed by atoms with E-state index >= 15 is 0 Å². The Labute approximate surface area is 105 Å². The van der Waals surface area contributed by atoms with Crippen LogP contribution in [0.25, 0.3) is 0 Å². The van der Waals surface area contributed by atoms with E-state index < -0.39 is 0 Å². The van der Waals surface area contributed by atoms with Crippen molar-refractivity contribution < 1.29 is 0 Å². The van der Waals surface area contributed by atoms with Crippen molar-refractivity contribution in [2.75, 3.05) is 0 Å². The molecule has 17 heavy (non-hydrogen) atoms. The average molecular weight is 245 g/mol. The van der Waals surface area contributed by atoms with Crippen LogP contribution in [0.4, 0.5) is 0 Å². The molecule has 0 saturated carbocycles. The van der Waals surface area contributed by atoms with Gasteiger partial charge in [0.15, 0.2) is 0 Å². The second kappa shape index (κ2) is 4.94. The molecule has 0 fully saturated rings. The van der Waals surface area contributed by atoms with E-state index in [1.165, 1.54) is 41.9 Å². The Hall–Kier alpha value is -1.26. The fraction of sp³-hybridized carbons (Fsp3) is 0.385. The van der Waals surface area contributed by atoms with Crippen LogP contribution >= 0.6 is 11.5 Å². The summed E-state index contributed by atoms with van der Waals surface area (Å²) in [6.45, 7) is 0.815. The molecule has 1 atom stereocenters. The summed E-state index contributed by atoms with van der Waals surface area (Å²) in [7, 11) is 0. The third-order valence-corrected chi connectivity index (χ3v) is 3.86. The highest BCUT2D eigenvalue weighted by Crippen LogP contribution is 2.29. The largest absolute Gasteiger partial charge is 0.304 e. The second-order valence-corrected chi connectivity index (χ2v) is 5.03. The Kier molecular flexibility index (Phi) is 3.16. The van der Waals surface area contributed by atoms with E-state index in [0.717, 1.165) is 12.2 Å². The van der Waals surface area contributed by atoms with Gasteiger partial charge in [-0.2, -0.15) is 0 Å². The molecule has 0 saturated heterocycles. The van der Waals surface area contributed by atoms with Gasteiger partial charge < -0.3 is 5.32 Å². The predicted molar refractivity (Wildman–Crippen MR) is 68.9 cm³/mol. The molecule has 0 spiro atoms. The van der Waals surface area contributed by atoms with Crippen LogP contribution in [0.1, 0.15) is 35.7 Å². The van der Waals surface area contributed by atoms with Crippen LogP contribution in [0.2, 0.25) is 0 Å². The summed E-state index contributed by atoms with van der Waals surface area (Å²) in [5.41, 5.74) is 3.99. The summed E-state index contributed by atoms with van der Waals surface area (Å²) in [5.74, 6) is 0. The van der Waals surface area contributed by atoms with Gasteiger partial charge in [0.1, 0.15) is 0 Å². The Morgan fingerprint density at radius 1 is 1.35 bits per heavy atom. The first kappa shape index (κ1) is 10.9. The summed E-state index contributed by atoms with van der Waals surface area (Å²) in [6, 6.07) is 9.22. The molecule has 1 aromatic carbocycles. The first-order chi connectivity index (χ1) is 8.43. The highest BCUT2D eigenvalue weighted by Gasteiger charge is 2.19. The maximum atomic E-state index is 4.06. The van der Waals surface area contributed by atoms with Gasteiger partial charge in [0, 0.05) is 18.0 Å². The molecule has 0 radical (unpaired) electrons. The lowest BCUT2D eigenvalue weighted by molar-refractivity contribution is 0.456. The normalized spacial score (nSPS) is 18.9. The molecule has 1 aliphatic carbocycles. The van der Waals surface area contributed by atoms with Crippen molar-refractivity contribution >= 4 is 11.5 Å². The molecule has 4 heteroatoms. The van der Waals surface area contributed by atoms with Gasteiger partial charge in [0.05, 0.1) is 5.69 Å². The number of hydrogen-bond donors (Lipinski definition) is 1. The molecule has 2 aromatic rings. The zero-order valence-corrected chi connectivity index (χ0v) is 10.4. The van der Waals surface area contributed by atoms with E-state index in [2.05, 4.69) is 39.2 Å². The van der Waals surface area contributed by atoms with Crippen molar-refractivity contribution in [3.63, 3.8) is 0 Å². The predicted octanol–water partition coefficient (Wildman–Crippen LogP) is 2.71. The van der Waals surface area contributed by atoms with Crippen molar-refractivity contribution in [2.45, 2.75) is 31.8 Å². The average Bonchev–Trinajstić information content (AvgIpc) is 2.89. The maximum Gasteiger partial charge on any atom is 0.0893 e. The Bertz CT molecular complexity index is 481. The molecule has 1 unspecified atom stereocenters. The molecule has 1 heterocycles. The summed E-state index contributed by atoms with van der Waals surface area (Å²) < 4.78 is 3.88. The van der Waals surface area contributed by atoms with Crippen molar-refractivity contribution in [1.82, 2.24) is 14.9 Å². The minimum absolute atomic E-state index is 0.474. The zero-order valence-electron chi connectivity index (χ0n) is 9.60. The first-order valence-electron chi connectivity index (χ1n) is 6.00. The number of nitrogens with zero attached hydrogens (tertiary/aromatic N) is 2. The van der Waals surface area contributed by atoms with Gasteiger partial charge >= 0.3 is 0 Å². The van der Waals surface area contributed by atoms with Crippen LogP contribution in [0.15, 0.2) is 29.6 Å². The number of nitrogens with one attached hydrogen (secondary N) is 1. The van der Waals surface area contributed by atoms with E-state index in [9.17, 15) is 0 Å². The standard InChI is InChI=1S/C13H15N3S/c1-2-6-12-10(4-1)5-3-7-13(12)14-8-11-9-17-16-15-11/h1-2,4,6,9,13-14H,3,5,7-8H2. The monoisotopic (exact) mass is 245 g/mol. The smallest absolute Gasteiger partial charge is 0.0893 e. The number of fused-ring (bicyclic) bond motifs is 1. The molecular weight excluding hydrogens is 230 g/mol. The summed E-state index contributed by atoms with van der Waals surface area (Å²) >= 11 is 1.41. The molecule has 1 aromatic heterocycles. The van der Waals surface area contributed by atoms with Crippen LogP contribution in [0.3, 0.4) is 0 Å². The van der Waals surface area contributed by atoms with Gasteiger partial charge in [-0.05, 0) is 41.9 Å². The molecule has 3 nitrogen and oxygen atoms in total. The minimum Gasteiger partial charge on any atom is -0.304 e. The van der Waals surface area contributed by atoms with Crippen LogP contribution < -0.4 is 5.32 Å². The van der Waals surface area contributed by atoms with Crippen molar-refractivity contribution in [1.29, 1.82) is 0 Å². The molecule has 0 bridgehead atoms. The van der Waals surface area contributed by atoms with E-state index in [4.69, 9.17) is 0 Å². The fourth-order valence-electron chi connectivity index (χ4n) is 2.45. The van der Waals surface area contributed by atoms with Crippen molar-refractivity contribution in [3.05, 3.63) is 46.5 Å². The molecule has 0 amide bonds. The lowest BCUT2D eigenvalue weighted by Crippen LogP contribution is -2.24. The van der Waals surface area contributed by atoms with Gasteiger partial charge in [-0.25, -0.2) is 0 Å². The number of aryl methyl sites for hydroxylation is 1. The van der Waals surface area contributed by atoms with Gasteiger partial charge in [-0.15, -0.1) is 5.10 Å². The Balaban J connectivity index is 1.72. The SMILES string of the molecule is c1ccc2c(c1)CCCC2NCc1csnn1. The third-order valence-electron chi connectivity index (χ3n) is 3.30. The molecule has 1 aliphatic rings. The lowest BCUT2D eigenvalue weighted by Gasteiger charge is -2.26. The van der Waals surface area contributed by atoms with Gasteiger partial charge in [-0.1, -0.05) is 28.8 Å². The molecule has 1 N–H and O–H groups in total. The maximum absolute atomic E-state index is 4.06. The third kappa shape index (κ3) is 2.37. The van der Waals surface area contributed by atoms with Crippen molar-refractivity contribution in [3.8, 4) is 0 Å². The second-order valence-electron chi connectivity index (χ2n) is 4.42. The number of rotatable bonds is 3. The highest BCUT2D eigenvalue weighted by atomic mass is 32.1. The van der Waals surface area contributed by atoms with Crippen LogP contribution in [0, 0.1) is 0 Å². The number of benzene rings is 1. The summed E-state index contributed by atoms with van der Waals surface area (Å²) in [4.78, 5) is 0. The van der Waals surface area contributed by atoms with E-state index in [-0.39, 0.29) is 0 Å². The minimum atomic E-state index is 0.474. The molecule has 3 rings (SSSR count). The molecular formula is C13H15N3S. The summed E-state index contributed by atoms with van der Waals surface area (Å²) in [5, 5.41) is 9.65. The molecule has 88 valence electrons. The van der Waals surface area contributed by atoms with E-state index in [0.29, 0.717) is 6.04 Å². The van der Waals surface area contributed by atoms with Gasteiger partial charge in [0.2, 0.25) is 0 Å². The Morgan fingerprint density at radius 2 is 2.29 bits per heavy atom. The summed E-state index contributed by atoms with van der Waals surface area (Å²) in [6.07, 6.45) is 3.70. The van der Waals surface area contributed by atoms with Crippen LogP contribution in [-0.4, -0.2) is 9.59 Å². The van der Waals surface area contributed by atoms with Crippen molar-refractivity contribution in [2.24, 2.45) is 0 Å². The quantitative estimate of drug-likeness (QED) is 0.903. The molecule has 0 aliphatic heterocycles.